The van der Waals surface area contributed by atoms with Crippen LogP contribution in [0.5, 0.6) is 11.5 Å². The summed E-state index contributed by atoms with van der Waals surface area (Å²) in [5.41, 5.74) is 0.813. The first-order valence-corrected chi connectivity index (χ1v) is 9.68. The third-order valence-corrected chi connectivity index (χ3v) is 4.80. The predicted molar refractivity (Wildman–Crippen MR) is 120 cm³/mol. The number of carboxylic acid groups (broad SMARTS) is 1. The quantitative estimate of drug-likeness (QED) is 0.482. The van der Waals surface area contributed by atoms with E-state index in [1.54, 1.807) is 24.3 Å². The van der Waals surface area contributed by atoms with Crippen molar-refractivity contribution in [2.24, 2.45) is 0 Å². The number of halogens is 1. The zero-order valence-electron chi connectivity index (χ0n) is 17.1. The average Bonchev–Trinajstić information content (AvgIpc) is 2.78. The Morgan fingerprint density at radius 3 is 1.88 bits per heavy atom. The molecule has 0 unspecified atom stereocenters. The zero-order valence-corrected chi connectivity index (χ0v) is 17.9. The van der Waals surface area contributed by atoms with E-state index < -0.39 is 17.8 Å². The molecule has 0 aromatic heterocycles. The number of anilines is 2. The highest BCUT2D eigenvalue weighted by Crippen LogP contribution is 2.27. The van der Waals surface area contributed by atoms with Gasteiger partial charge in [-0.3, -0.25) is 9.59 Å². The number of amides is 2. The number of carbonyl (C=O) groups is 3. The lowest BCUT2D eigenvalue weighted by atomic mass is 10.1. The molecule has 2 amide bonds. The topological polar surface area (TPSA) is 114 Å². The number of rotatable bonds is 7. The number of hydrogen-bond donors (Lipinski definition) is 3. The average molecular weight is 455 g/mol. The summed E-state index contributed by atoms with van der Waals surface area (Å²) >= 11 is 6.26. The van der Waals surface area contributed by atoms with E-state index in [0.717, 1.165) is 0 Å². The van der Waals surface area contributed by atoms with Gasteiger partial charge in [-0.05, 0) is 30.3 Å². The minimum absolute atomic E-state index is 0.00455. The molecule has 0 aliphatic heterocycles. The van der Waals surface area contributed by atoms with Gasteiger partial charge < -0.3 is 25.2 Å². The molecule has 3 aromatic rings. The highest BCUT2D eigenvalue weighted by molar-refractivity contribution is 6.34. The van der Waals surface area contributed by atoms with Crippen molar-refractivity contribution in [1.29, 1.82) is 0 Å². The van der Waals surface area contributed by atoms with Crippen LogP contribution in [0.25, 0.3) is 0 Å². The summed E-state index contributed by atoms with van der Waals surface area (Å²) in [6, 6.07) is 15.1. The molecule has 3 N–H and O–H groups in total. The summed E-state index contributed by atoms with van der Waals surface area (Å²) in [6.45, 7) is 0. The van der Waals surface area contributed by atoms with Gasteiger partial charge in [0.05, 0.1) is 35.9 Å². The second-order valence-electron chi connectivity index (χ2n) is 6.55. The molecule has 0 aliphatic carbocycles. The van der Waals surface area contributed by atoms with Crippen LogP contribution in [-0.2, 0) is 0 Å². The van der Waals surface area contributed by atoms with Crippen LogP contribution >= 0.6 is 11.6 Å². The van der Waals surface area contributed by atoms with Gasteiger partial charge in [-0.2, -0.15) is 0 Å². The first-order valence-electron chi connectivity index (χ1n) is 9.30. The molecule has 0 bridgehead atoms. The normalized spacial score (nSPS) is 10.2. The summed E-state index contributed by atoms with van der Waals surface area (Å²) in [5, 5.41) is 14.7. The molecule has 0 fully saturated rings. The van der Waals surface area contributed by atoms with Crippen molar-refractivity contribution in [3.8, 4) is 11.5 Å². The first-order chi connectivity index (χ1) is 15.3. The van der Waals surface area contributed by atoms with E-state index in [9.17, 15) is 19.5 Å². The van der Waals surface area contributed by atoms with Crippen molar-refractivity contribution in [2.75, 3.05) is 24.9 Å². The number of carbonyl (C=O) groups excluding carboxylic acids is 2. The third-order valence-electron chi connectivity index (χ3n) is 4.48. The van der Waals surface area contributed by atoms with Gasteiger partial charge in [0.15, 0.2) is 0 Å². The maximum absolute atomic E-state index is 12.7. The van der Waals surface area contributed by atoms with E-state index in [2.05, 4.69) is 10.6 Å². The molecule has 164 valence electrons. The SMILES string of the molecule is COc1cc(NC(=O)c2ccc(NC(=O)c3ccccc3C(=O)O)cc2Cl)cc(OC)c1. The monoisotopic (exact) mass is 454 g/mol. The summed E-state index contributed by atoms with van der Waals surface area (Å²) in [6.07, 6.45) is 0. The van der Waals surface area contributed by atoms with E-state index in [0.29, 0.717) is 22.9 Å². The van der Waals surface area contributed by atoms with Crippen LogP contribution in [0.3, 0.4) is 0 Å². The van der Waals surface area contributed by atoms with Crippen LogP contribution in [0.2, 0.25) is 5.02 Å². The minimum atomic E-state index is -1.21. The van der Waals surface area contributed by atoms with Gasteiger partial charge in [0.25, 0.3) is 11.8 Å². The zero-order chi connectivity index (χ0) is 23.3. The van der Waals surface area contributed by atoms with Crippen LogP contribution in [0, 0.1) is 0 Å². The molecule has 9 heteroatoms. The first kappa shape index (κ1) is 22.6. The third kappa shape index (κ3) is 5.16. The summed E-state index contributed by atoms with van der Waals surface area (Å²) in [5.74, 6) is -1.29. The molecule has 0 radical (unpaired) electrons. The molecule has 0 aliphatic rings. The second-order valence-corrected chi connectivity index (χ2v) is 6.96. The van der Waals surface area contributed by atoms with Gasteiger partial charge in [0.2, 0.25) is 0 Å². The van der Waals surface area contributed by atoms with Crippen molar-refractivity contribution >= 4 is 40.8 Å². The Kier molecular flexibility index (Phi) is 6.97. The Balaban J connectivity index is 1.77. The van der Waals surface area contributed by atoms with Crippen molar-refractivity contribution in [2.45, 2.75) is 0 Å². The number of methoxy groups -OCH3 is 2. The Bertz CT molecular complexity index is 1170. The molecule has 32 heavy (non-hydrogen) atoms. The Labute approximate surface area is 188 Å². The molecule has 3 rings (SSSR count). The Morgan fingerprint density at radius 2 is 1.31 bits per heavy atom. The predicted octanol–water partition coefficient (Wildman–Crippen LogP) is 4.56. The molecule has 0 spiro atoms. The summed E-state index contributed by atoms with van der Waals surface area (Å²) in [4.78, 5) is 36.5. The Hall–Kier alpha value is -4.04. The van der Waals surface area contributed by atoms with Crippen molar-refractivity contribution in [3.63, 3.8) is 0 Å². The van der Waals surface area contributed by atoms with Crippen LogP contribution in [-0.4, -0.2) is 37.1 Å². The Morgan fingerprint density at radius 1 is 0.750 bits per heavy atom. The molecule has 0 saturated heterocycles. The number of ether oxygens (including phenoxy) is 2. The number of hydrogen-bond acceptors (Lipinski definition) is 5. The van der Waals surface area contributed by atoms with Crippen LogP contribution in [0.4, 0.5) is 11.4 Å². The fourth-order valence-electron chi connectivity index (χ4n) is 2.92. The van der Waals surface area contributed by atoms with E-state index in [1.165, 1.54) is 50.6 Å². The van der Waals surface area contributed by atoms with E-state index in [4.69, 9.17) is 21.1 Å². The molecule has 3 aromatic carbocycles. The lowest BCUT2D eigenvalue weighted by molar-refractivity contribution is 0.0692. The molecule has 8 nitrogen and oxygen atoms in total. The summed E-state index contributed by atoms with van der Waals surface area (Å²) in [7, 11) is 3.00. The lowest BCUT2D eigenvalue weighted by Gasteiger charge is -2.12. The van der Waals surface area contributed by atoms with Gasteiger partial charge >= 0.3 is 5.97 Å². The van der Waals surface area contributed by atoms with Gasteiger partial charge in [0, 0.05) is 29.6 Å². The number of carboxylic acids is 1. The molecular weight excluding hydrogens is 436 g/mol. The summed E-state index contributed by atoms with van der Waals surface area (Å²) < 4.78 is 10.4. The largest absolute Gasteiger partial charge is 0.497 e. The van der Waals surface area contributed by atoms with Crippen LogP contribution in [0.15, 0.2) is 60.7 Å². The highest BCUT2D eigenvalue weighted by atomic mass is 35.5. The minimum Gasteiger partial charge on any atom is -0.497 e. The molecule has 0 saturated carbocycles. The van der Waals surface area contributed by atoms with Gasteiger partial charge in [-0.15, -0.1) is 0 Å². The molecule has 0 atom stereocenters. The van der Waals surface area contributed by atoms with Crippen LogP contribution < -0.4 is 20.1 Å². The second kappa shape index (κ2) is 9.84. The fourth-order valence-corrected chi connectivity index (χ4v) is 3.19. The van der Waals surface area contributed by atoms with Crippen molar-refractivity contribution in [1.82, 2.24) is 0 Å². The number of nitrogens with one attached hydrogen (secondary N) is 2. The maximum Gasteiger partial charge on any atom is 0.336 e. The highest BCUT2D eigenvalue weighted by Gasteiger charge is 2.17. The van der Waals surface area contributed by atoms with Gasteiger partial charge in [-0.25, -0.2) is 4.79 Å². The van der Waals surface area contributed by atoms with E-state index >= 15 is 0 Å². The number of aromatic carboxylic acids is 1. The molecule has 0 heterocycles. The standard InChI is InChI=1S/C23H19ClN2O6/c1-31-15-9-14(10-16(12-15)32-2)26-22(28)19-8-7-13(11-20(19)24)25-21(27)17-5-3-4-6-18(17)23(29)30/h3-12H,1-2H3,(H,25,27)(H,26,28)(H,29,30). The molecular formula is C23H19ClN2O6. The maximum atomic E-state index is 12.7. The van der Waals surface area contributed by atoms with Crippen LogP contribution in [0.1, 0.15) is 31.1 Å². The fraction of sp³-hybridized carbons (Fsp3) is 0.0870. The smallest absolute Gasteiger partial charge is 0.336 e. The van der Waals surface area contributed by atoms with Crippen molar-refractivity contribution in [3.05, 3.63) is 82.4 Å². The van der Waals surface area contributed by atoms with E-state index in [-0.39, 0.29) is 21.7 Å². The van der Waals surface area contributed by atoms with E-state index in [1.807, 2.05) is 0 Å². The number of benzene rings is 3. The van der Waals surface area contributed by atoms with Gasteiger partial charge in [-0.1, -0.05) is 23.7 Å². The lowest BCUT2D eigenvalue weighted by Crippen LogP contribution is -2.17. The van der Waals surface area contributed by atoms with Crippen molar-refractivity contribution < 1.29 is 29.0 Å². The van der Waals surface area contributed by atoms with Gasteiger partial charge in [0.1, 0.15) is 11.5 Å².